The first-order chi connectivity index (χ1) is 12.5. The molecule has 0 saturated carbocycles. The van der Waals surface area contributed by atoms with Gasteiger partial charge in [-0.05, 0) is 31.0 Å². The van der Waals surface area contributed by atoms with E-state index in [9.17, 15) is 9.59 Å². The van der Waals surface area contributed by atoms with Gasteiger partial charge in [0.05, 0.1) is 37.2 Å². The van der Waals surface area contributed by atoms with E-state index < -0.39 is 11.9 Å². The normalized spacial score (nSPS) is 16.8. The lowest BCUT2D eigenvalue weighted by molar-refractivity contribution is -0.143. The van der Waals surface area contributed by atoms with Crippen molar-refractivity contribution in [1.82, 2.24) is 15.3 Å². The summed E-state index contributed by atoms with van der Waals surface area (Å²) < 4.78 is 4.59. The lowest BCUT2D eigenvalue weighted by Crippen LogP contribution is -2.45. The lowest BCUT2D eigenvalue weighted by atomic mass is 10.0. The van der Waals surface area contributed by atoms with Crippen molar-refractivity contribution < 1.29 is 14.3 Å². The number of nitrogens with one attached hydrogen (secondary N) is 2. The molecule has 3 rings (SSSR count). The Kier molecular flexibility index (Phi) is 5.11. The number of anilines is 1. The summed E-state index contributed by atoms with van der Waals surface area (Å²) in [4.78, 5) is 36.6. The fraction of sp³-hybridized carbons (Fsp3) is 0.389. The number of benzene rings is 1. The van der Waals surface area contributed by atoms with Crippen LogP contribution >= 0.6 is 0 Å². The number of aromatic nitrogens is 2. The van der Waals surface area contributed by atoms with E-state index in [2.05, 4.69) is 43.3 Å². The molecule has 2 heterocycles. The van der Waals surface area contributed by atoms with Gasteiger partial charge in [-0.1, -0.05) is 13.0 Å². The summed E-state index contributed by atoms with van der Waals surface area (Å²) >= 11 is 0. The van der Waals surface area contributed by atoms with E-state index in [4.69, 9.17) is 0 Å². The summed E-state index contributed by atoms with van der Waals surface area (Å²) in [6.45, 7) is 4.22. The number of carbonyl (C=O) groups is 2. The molecule has 8 heteroatoms. The zero-order chi connectivity index (χ0) is 18.7. The minimum atomic E-state index is -0.528. The molecule has 0 saturated heterocycles. The van der Waals surface area contributed by atoms with Gasteiger partial charge in [0.15, 0.2) is 0 Å². The van der Waals surface area contributed by atoms with E-state index in [0.29, 0.717) is 5.95 Å². The third-order valence-electron chi connectivity index (χ3n) is 4.31. The molecule has 2 aromatic rings. The quantitative estimate of drug-likeness (QED) is 0.807. The van der Waals surface area contributed by atoms with Crippen molar-refractivity contribution in [2.45, 2.75) is 26.7 Å². The molecule has 0 fully saturated rings. The molecular weight excluding hydrogens is 334 g/mol. The van der Waals surface area contributed by atoms with E-state index in [1.807, 2.05) is 19.1 Å². The standard InChI is InChI=1S/C18H21N5O3/c1-4-11-5-6-14-13(7-11)10(2)20-18(21-14)23-17-19-9-12(16(25)22-17)8-15(24)26-3/h5-7,12H,4,8-9H2,1-3H3,(H2,19,20,21,22,23,25)/t12-/m1/s1. The van der Waals surface area contributed by atoms with Crippen molar-refractivity contribution in [2.75, 3.05) is 19.0 Å². The second kappa shape index (κ2) is 7.47. The zero-order valence-corrected chi connectivity index (χ0v) is 15.0. The zero-order valence-electron chi connectivity index (χ0n) is 15.0. The van der Waals surface area contributed by atoms with Crippen LogP contribution in [0, 0.1) is 12.8 Å². The molecule has 1 atom stereocenters. The predicted octanol–water partition coefficient (Wildman–Crippen LogP) is 1.58. The summed E-state index contributed by atoms with van der Waals surface area (Å²) in [6.07, 6.45) is 0.954. The smallest absolute Gasteiger partial charge is 0.306 e. The van der Waals surface area contributed by atoms with Gasteiger partial charge in [-0.25, -0.2) is 9.97 Å². The average Bonchev–Trinajstić information content (AvgIpc) is 2.63. The van der Waals surface area contributed by atoms with Gasteiger partial charge in [0.25, 0.3) is 0 Å². The Labute approximate surface area is 151 Å². The largest absolute Gasteiger partial charge is 0.469 e. The maximum Gasteiger partial charge on any atom is 0.306 e. The van der Waals surface area contributed by atoms with Crippen LogP contribution in [-0.2, 0) is 20.7 Å². The summed E-state index contributed by atoms with van der Waals surface area (Å²) in [6, 6.07) is 6.09. The second-order valence-electron chi connectivity index (χ2n) is 6.12. The fourth-order valence-electron chi connectivity index (χ4n) is 2.77. The molecule has 0 unspecified atom stereocenters. The van der Waals surface area contributed by atoms with Gasteiger partial charge < -0.3 is 4.74 Å². The molecule has 1 aliphatic heterocycles. The van der Waals surface area contributed by atoms with Crippen LogP contribution in [0.15, 0.2) is 23.2 Å². The second-order valence-corrected chi connectivity index (χ2v) is 6.12. The van der Waals surface area contributed by atoms with Gasteiger partial charge in [-0.3, -0.25) is 25.2 Å². The Hall–Kier alpha value is -3.03. The van der Waals surface area contributed by atoms with E-state index in [-0.39, 0.29) is 24.8 Å². The van der Waals surface area contributed by atoms with E-state index in [1.54, 1.807) is 0 Å². The van der Waals surface area contributed by atoms with Gasteiger partial charge in [0.2, 0.25) is 17.8 Å². The fourth-order valence-corrected chi connectivity index (χ4v) is 2.77. The Morgan fingerprint density at radius 2 is 2.19 bits per heavy atom. The van der Waals surface area contributed by atoms with Crippen LogP contribution in [0.5, 0.6) is 0 Å². The Morgan fingerprint density at radius 3 is 2.88 bits per heavy atom. The number of aryl methyl sites for hydroxylation is 2. The van der Waals surface area contributed by atoms with Crippen molar-refractivity contribution >= 4 is 34.7 Å². The number of nitrogens with zero attached hydrogens (tertiary/aromatic N) is 3. The van der Waals surface area contributed by atoms with Crippen molar-refractivity contribution in [3.63, 3.8) is 0 Å². The summed E-state index contributed by atoms with van der Waals surface area (Å²) in [7, 11) is 1.29. The van der Waals surface area contributed by atoms with E-state index in [1.165, 1.54) is 12.7 Å². The molecular formula is C18H21N5O3. The van der Waals surface area contributed by atoms with Gasteiger partial charge in [-0.2, -0.15) is 0 Å². The molecule has 1 amide bonds. The first-order valence-electron chi connectivity index (χ1n) is 8.46. The molecule has 0 bridgehead atoms. The van der Waals surface area contributed by atoms with Crippen molar-refractivity contribution in [2.24, 2.45) is 10.9 Å². The highest BCUT2D eigenvalue weighted by atomic mass is 16.5. The molecule has 2 N–H and O–H groups in total. The number of carbonyl (C=O) groups excluding carboxylic acids is 2. The molecule has 136 valence electrons. The molecule has 1 aromatic heterocycles. The van der Waals surface area contributed by atoms with Crippen LogP contribution in [0.2, 0.25) is 0 Å². The van der Waals surface area contributed by atoms with Gasteiger partial charge in [0.1, 0.15) is 0 Å². The Bertz CT molecular complexity index is 894. The average molecular weight is 355 g/mol. The number of amides is 1. The highest BCUT2D eigenvalue weighted by molar-refractivity contribution is 6.06. The third kappa shape index (κ3) is 3.79. The number of aliphatic imine (C=N–C) groups is 1. The number of rotatable bonds is 4. The Balaban J connectivity index is 1.77. The summed E-state index contributed by atoms with van der Waals surface area (Å²) in [5, 5.41) is 6.59. The van der Waals surface area contributed by atoms with Crippen molar-refractivity contribution in [3.05, 3.63) is 29.5 Å². The number of hydrogen-bond donors (Lipinski definition) is 2. The number of guanidine groups is 1. The van der Waals surface area contributed by atoms with Gasteiger partial charge in [-0.15, -0.1) is 0 Å². The molecule has 1 aliphatic rings. The first kappa shape index (κ1) is 17.8. The highest BCUT2D eigenvalue weighted by Gasteiger charge is 2.27. The van der Waals surface area contributed by atoms with E-state index >= 15 is 0 Å². The molecule has 26 heavy (non-hydrogen) atoms. The molecule has 8 nitrogen and oxygen atoms in total. The predicted molar refractivity (Wildman–Crippen MR) is 97.8 cm³/mol. The number of ether oxygens (including phenoxy) is 1. The summed E-state index contributed by atoms with van der Waals surface area (Å²) in [5.41, 5.74) is 2.90. The summed E-state index contributed by atoms with van der Waals surface area (Å²) in [5.74, 6) is -0.598. The molecule has 0 radical (unpaired) electrons. The number of esters is 1. The van der Waals surface area contributed by atoms with E-state index in [0.717, 1.165) is 23.0 Å². The molecule has 1 aromatic carbocycles. The Morgan fingerprint density at radius 1 is 1.38 bits per heavy atom. The highest BCUT2D eigenvalue weighted by Crippen LogP contribution is 2.19. The minimum Gasteiger partial charge on any atom is -0.469 e. The first-order valence-corrected chi connectivity index (χ1v) is 8.46. The lowest BCUT2D eigenvalue weighted by Gasteiger charge is -2.21. The monoisotopic (exact) mass is 355 g/mol. The molecule has 0 spiro atoms. The van der Waals surface area contributed by atoms with Crippen LogP contribution in [0.25, 0.3) is 10.9 Å². The minimum absolute atomic E-state index is 0.00442. The topological polar surface area (TPSA) is 106 Å². The number of hydrogen-bond acceptors (Lipinski definition) is 7. The van der Waals surface area contributed by atoms with Crippen LogP contribution in [0.3, 0.4) is 0 Å². The number of fused-ring (bicyclic) bond motifs is 1. The van der Waals surface area contributed by atoms with Crippen LogP contribution in [0.4, 0.5) is 5.95 Å². The third-order valence-corrected chi connectivity index (χ3v) is 4.31. The number of methoxy groups -OCH3 is 1. The van der Waals surface area contributed by atoms with Crippen LogP contribution in [0.1, 0.15) is 24.6 Å². The van der Waals surface area contributed by atoms with Crippen molar-refractivity contribution in [3.8, 4) is 0 Å². The maximum absolute atomic E-state index is 12.1. The van der Waals surface area contributed by atoms with Crippen molar-refractivity contribution in [1.29, 1.82) is 0 Å². The maximum atomic E-state index is 12.1. The van der Waals surface area contributed by atoms with Gasteiger partial charge in [0, 0.05) is 5.39 Å². The SMILES string of the molecule is CCc1ccc2nc(NC3=NC[C@@H](CC(=O)OC)C(=O)N3)nc(C)c2c1. The van der Waals surface area contributed by atoms with Crippen LogP contribution < -0.4 is 10.6 Å². The molecule has 0 aliphatic carbocycles. The van der Waals surface area contributed by atoms with Crippen LogP contribution in [-0.4, -0.2) is 41.5 Å². The van der Waals surface area contributed by atoms with Gasteiger partial charge >= 0.3 is 5.97 Å².